The molecule has 0 aliphatic heterocycles. The van der Waals surface area contributed by atoms with Crippen molar-refractivity contribution in [3.8, 4) is 0 Å². The first kappa shape index (κ1) is 12.1. The summed E-state index contributed by atoms with van der Waals surface area (Å²) in [6, 6.07) is 7.32. The molecule has 0 heterocycles. The number of hydrogen-bond acceptors (Lipinski definition) is 0. The van der Waals surface area contributed by atoms with E-state index in [4.69, 9.17) is 23.2 Å². The summed E-state index contributed by atoms with van der Waals surface area (Å²) in [4.78, 5) is 0. The highest BCUT2D eigenvalue weighted by atomic mass is 35.5. The monoisotopic (exact) mass is 246 g/mol. The van der Waals surface area contributed by atoms with Crippen LogP contribution in [-0.4, -0.2) is 13.6 Å². The fraction of sp³-hybridized carbons (Fsp3) is 0.455. The molecular weight excluding hydrogens is 231 g/mol. The van der Waals surface area contributed by atoms with Crippen LogP contribution in [0.2, 0.25) is 18.1 Å². The van der Waals surface area contributed by atoms with Gasteiger partial charge in [-0.3, -0.25) is 0 Å². The van der Waals surface area contributed by atoms with Gasteiger partial charge in [0, 0.05) is 10.5 Å². The molecule has 0 aliphatic rings. The summed E-state index contributed by atoms with van der Waals surface area (Å²) in [5, 5.41) is 0.885. The Morgan fingerprint density at radius 1 is 1.29 bits per heavy atom. The lowest BCUT2D eigenvalue weighted by Crippen LogP contribution is -2.32. The van der Waals surface area contributed by atoms with Crippen LogP contribution >= 0.6 is 23.2 Å². The van der Waals surface area contributed by atoms with Crippen molar-refractivity contribution in [2.75, 3.05) is 5.50 Å². The van der Waals surface area contributed by atoms with Gasteiger partial charge in [0.05, 0.1) is 8.07 Å². The molecule has 0 unspecified atom stereocenters. The van der Waals surface area contributed by atoms with Crippen LogP contribution in [-0.2, 0) is 6.04 Å². The van der Waals surface area contributed by atoms with Crippen molar-refractivity contribution in [3.63, 3.8) is 0 Å². The molecule has 0 radical (unpaired) electrons. The maximum atomic E-state index is 6.17. The molecule has 78 valence electrons. The zero-order valence-corrected chi connectivity index (χ0v) is 11.4. The Bertz CT molecular complexity index is 321. The average molecular weight is 247 g/mol. The van der Waals surface area contributed by atoms with Gasteiger partial charge in [-0.25, -0.2) is 0 Å². The molecule has 3 heteroatoms. The molecule has 0 saturated heterocycles. The smallest absolute Gasteiger partial charge is 0.0683 e. The van der Waals surface area contributed by atoms with E-state index in [-0.39, 0.29) is 0 Å². The van der Waals surface area contributed by atoms with Crippen molar-refractivity contribution in [2.45, 2.75) is 26.1 Å². The van der Waals surface area contributed by atoms with Crippen LogP contribution in [0.15, 0.2) is 18.2 Å². The molecule has 0 N–H and O–H groups in total. The minimum Gasteiger partial charge on any atom is -0.130 e. The number of rotatable bonds is 3. The zero-order chi connectivity index (χ0) is 10.8. The van der Waals surface area contributed by atoms with Crippen LogP contribution in [0.4, 0.5) is 0 Å². The van der Waals surface area contributed by atoms with Crippen LogP contribution in [0, 0.1) is 6.92 Å². The van der Waals surface area contributed by atoms with Gasteiger partial charge in [-0.05, 0) is 30.2 Å². The summed E-state index contributed by atoms with van der Waals surface area (Å²) in [7, 11) is -1.29. The third-order valence-corrected chi connectivity index (χ3v) is 6.82. The Balaban J connectivity index is 2.87. The molecule has 1 aromatic carbocycles. The predicted octanol–water partition coefficient (Wildman–Crippen LogP) is 4.22. The third-order valence-electron chi connectivity index (χ3n) is 2.24. The predicted molar refractivity (Wildman–Crippen MR) is 68.1 cm³/mol. The molecular formula is C11H16Cl2Si. The second kappa shape index (κ2) is 4.69. The summed E-state index contributed by atoms with van der Waals surface area (Å²) < 4.78 is 0. The van der Waals surface area contributed by atoms with E-state index in [0.29, 0.717) is 0 Å². The van der Waals surface area contributed by atoms with E-state index in [1.54, 1.807) is 0 Å². The zero-order valence-electron chi connectivity index (χ0n) is 8.90. The highest BCUT2D eigenvalue weighted by Gasteiger charge is 2.20. The van der Waals surface area contributed by atoms with Gasteiger partial charge in [0.15, 0.2) is 0 Å². The van der Waals surface area contributed by atoms with Gasteiger partial charge >= 0.3 is 0 Å². The van der Waals surface area contributed by atoms with E-state index in [2.05, 4.69) is 32.2 Å². The van der Waals surface area contributed by atoms with Crippen molar-refractivity contribution in [1.29, 1.82) is 0 Å². The molecule has 0 amide bonds. The first-order valence-electron chi connectivity index (χ1n) is 4.75. The molecule has 0 fully saturated rings. The van der Waals surface area contributed by atoms with Crippen molar-refractivity contribution in [1.82, 2.24) is 0 Å². The molecule has 0 bridgehead atoms. The highest BCUT2D eigenvalue weighted by molar-refractivity contribution is 6.82. The maximum absolute atomic E-state index is 6.17. The Hall–Kier alpha value is 0.0169. The van der Waals surface area contributed by atoms with Gasteiger partial charge in [0.25, 0.3) is 0 Å². The van der Waals surface area contributed by atoms with Crippen molar-refractivity contribution >= 4 is 31.3 Å². The highest BCUT2D eigenvalue weighted by Crippen LogP contribution is 2.22. The van der Waals surface area contributed by atoms with Crippen LogP contribution in [0.25, 0.3) is 0 Å². The van der Waals surface area contributed by atoms with Crippen molar-refractivity contribution < 1.29 is 0 Å². The summed E-state index contributed by atoms with van der Waals surface area (Å²) in [5.41, 5.74) is 3.25. The van der Waals surface area contributed by atoms with Gasteiger partial charge in [-0.2, -0.15) is 0 Å². The third kappa shape index (κ3) is 3.30. The first-order valence-corrected chi connectivity index (χ1v) is 9.08. The maximum Gasteiger partial charge on any atom is 0.0683 e. The molecule has 0 spiro atoms. The lowest BCUT2D eigenvalue weighted by molar-refractivity contribution is 1.28. The Labute approximate surface area is 97.2 Å². The first-order chi connectivity index (χ1) is 6.44. The second-order valence-corrected chi connectivity index (χ2v) is 10.7. The van der Waals surface area contributed by atoms with E-state index in [1.807, 2.05) is 6.07 Å². The number of halogens is 2. The van der Waals surface area contributed by atoms with E-state index >= 15 is 0 Å². The average Bonchev–Trinajstić information content (AvgIpc) is 2.10. The summed E-state index contributed by atoms with van der Waals surface area (Å²) in [6.07, 6.45) is 0. The molecule has 14 heavy (non-hydrogen) atoms. The molecule has 1 aromatic rings. The van der Waals surface area contributed by atoms with E-state index < -0.39 is 8.07 Å². The molecule has 0 saturated carbocycles. The molecule has 0 aromatic heterocycles. The lowest BCUT2D eigenvalue weighted by Gasteiger charge is -2.19. The van der Waals surface area contributed by atoms with Crippen LogP contribution < -0.4 is 0 Å². The normalized spacial score (nSPS) is 11.8. The SMILES string of the molecule is Cc1ccc(C[Si](C)(C)CCl)c(Cl)c1. The number of alkyl halides is 1. The van der Waals surface area contributed by atoms with Gasteiger partial charge in [-0.1, -0.05) is 36.8 Å². The van der Waals surface area contributed by atoms with E-state index in [9.17, 15) is 0 Å². The standard InChI is InChI=1S/C11H16Cl2Si/c1-9-4-5-10(11(13)6-9)7-14(2,3)8-12/h4-6H,7-8H2,1-3H3. The van der Waals surface area contributed by atoms with Crippen molar-refractivity contribution in [2.24, 2.45) is 0 Å². The van der Waals surface area contributed by atoms with E-state index in [1.165, 1.54) is 11.1 Å². The summed E-state index contributed by atoms with van der Waals surface area (Å²) in [6.45, 7) is 6.63. The van der Waals surface area contributed by atoms with Gasteiger partial charge in [0.1, 0.15) is 0 Å². The van der Waals surface area contributed by atoms with Gasteiger partial charge in [0.2, 0.25) is 0 Å². The van der Waals surface area contributed by atoms with Gasteiger partial charge < -0.3 is 0 Å². The van der Waals surface area contributed by atoms with Crippen LogP contribution in [0.5, 0.6) is 0 Å². The lowest BCUT2D eigenvalue weighted by atomic mass is 10.2. The van der Waals surface area contributed by atoms with Crippen LogP contribution in [0.1, 0.15) is 11.1 Å². The molecule has 0 atom stereocenters. The minimum absolute atomic E-state index is 0.789. The Kier molecular flexibility index (Phi) is 4.05. The minimum atomic E-state index is -1.29. The number of benzene rings is 1. The largest absolute Gasteiger partial charge is 0.130 e. The number of aryl methyl sites for hydroxylation is 1. The number of hydrogen-bond donors (Lipinski definition) is 0. The molecule has 0 aliphatic carbocycles. The topological polar surface area (TPSA) is 0 Å². The Morgan fingerprint density at radius 3 is 2.43 bits per heavy atom. The van der Waals surface area contributed by atoms with E-state index in [0.717, 1.165) is 16.6 Å². The quantitative estimate of drug-likeness (QED) is 0.554. The summed E-state index contributed by atoms with van der Waals surface area (Å²) in [5.74, 6) is 0. The molecule has 1 rings (SSSR count). The Morgan fingerprint density at radius 2 is 1.93 bits per heavy atom. The fourth-order valence-corrected chi connectivity index (χ4v) is 3.49. The van der Waals surface area contributed by atoms with Crippen molar-refractivity contribution in [3.05, 3.63) is 34.3 Å². The molecule has 0 nitrogen and oxygen atoms in total. The van der Waals surface area contributed by atoms with Gasteiger partial charge in [-0.15, -0.1) is 11.6 Å². The fourth-order valence-electron chi connectivity index (χ4n) is 1.36. The second-order valence-electron chi connectivity index (χ2n) is 4.57. The summed E-state index contributed by atoms with van der Waals surface area (Å²) >= 11 is 12.1. The van der Waals surface area contributed by atoms with Crippen LogP contribution in [0.3, 0.4) is 0 Å².